The number of aliphatic hydroxyl groups excluding tert-OH is 1. The van der Waals surface area contributed by atoms with E-state index in [1.807, 2.05) is 19.1 Å². The molecule has 0 amide bonds. The largest absolute Gasteiger partial charge is 0.465 e. The quantitative estimate of drug-likeness (QED) is 0.708. The van der Waals surface area contributed by atoms with Crippen LogP contribution in [0.2, 0.25) is 0 Å². The lowest BCUT2D eigenvalue weighted by Gasteiger charge is -2.04. The first kappa shape index (κ1) is 9.29. The zero-order valence-corrected chi connectivity index (χ0v) is 7.50. The maximum absolute atomic E-state index is 8.94. The maximum atomic E-state index is 8.94. The van der Waals surface area contributed by atoms with Gasteiger partial charge in [0.1, 0.15) is 11.5 Å². The van der Waals surface area contributed by atoms with Gasteiger partial charge in [0.2, 0.25) is 0 Å². The van der Waals surface area contributed by atoms with E-state index in [0.29, 0.717) is 13.1 Å². The second-order valence-corrected chi connectivity index (χ2v) is 2.99. The van der Waals surface area contributed by atoms with E-state index in [4.69, 9.17) is 9.52 Å². The molecule has 68 valence electrons. The monoisotopic (exact) mass is 169 g/mol. The minimum Gasteiger partial charge on any atom is -0.465 e. The van der Waals surface area contributed by atoms with Gasteiger partial charge in [-0.05, 0) is 26.0 Å². The normalized spacial score (nSPS) is 13.2. The Labute approximate surface area is 72.4 Å². The average Bonchev–Trinajstić information content (AvgIpc) is 2.35. The van der Waals surface area contributed by atoms with E-state index in [1.165, 1.54) is 0 Å². The molecule has 1 atom stereocenters. The summed E-state index contributed by atoms with van der Waals surface area (Å²) >= 11 is 0. The standard InChI is InChI=1S/C9H15NO2/c1-7(11)5-10-6-9-4-3-8(2)12-9/h3-4,7,10-11H,5-6H2,1-2H3/t7-/m0/s1. The van der Waals surface area contributed by atoms with Gasteiger partial charge in [-0.25, -0.2) is 0 Å². The molecule has 0 saturated carbocycles. The van der Waals surface area contributed by atoms with E-state index >= 15 is 0 Å². The van der Waals surface area contributed by atoms with Crippen LogP contribution in [0.3, 0.4) is 0 Å². The van der Waals surface area contributed by atoms with Crippen LogP contribution < -0.4 is 5.32 Å². The maximum Gasteiger partial charge on any atom is 0.117 e. The summed E-state index contributed by atoms with van der Waals surface area (Å²) in [4.78, 5) is 0. The summed E-state index contributed by atoms with van der Waals surface area (Å²) in [6.07, 6.45) is -0.305. The summed E-state index contributed by atoms with van der Waals surface area (Å²) in [5.74, 6) is 1.83. The Morgan fingerprint density at radius 3 is 2.83 bits per heavy atom. The molecule has 0 spiro atoms. The molecule has 0 bridgehead atoms. The predicted molar refractivity (Wildman–Crippen MR) is 46.8 cm³/mol. The van der Waals surface area contributed by atoms with E-state index < -0.39 is 0 Å². The van der Waals surface area contributed by atoms with Crippen LogP contribution in [0.1, 0.15) is 18.4 Å². The van der Waals surface area contributed by atoms with Crippen LogP contribution in [0.5, 0.6) is 0 Å². The zero-order chi connectivity index (χ0) is 8.97. The van der Waals surface area contributed by atoms with Gasteiger partial charge in [0.15, 0.2) is 0 Å². The predicted octanol–water partition coefficient (Wildman–Crippen LogP) is 1.06. The fourth-order valence-electron chi connectivity index (χ4n) is 0.984. The summed E-state index contributed by atoms with van der Waals surface area (Å²) in [5.41, 5.74) is 0. The summed E-state index contributed by atoms with van der Waals surface area (Å²) in [6.45, 7) is 4.94. The highest BCUT2D eigenvalue weighted by Gasteiger charge is 1.98. The molecule has 0 radical (unpaired) electrons. The van der Waals surface area contributed by atoms with Crippen molar-refractivity contribution in [1.29, 1.82) is 0 Å². The van der Waals surface area contributed by atoms with Crippen molar-refractivity contribution in [1.82, 2.24) is 5.32 Å². The molecule has 0 fully saturated rings. The van der Waals surface area contributed by atoms with Crippen molar-refractivity contribution in [2.45, 2.75) is 26.5 Å². The molecule has 0 aromatic carbocycles. The minimum atomic E-state index is -0.305. The van der Waals surface area contributed by atoms with E-state index in [-0.39, 0.29) is 6.10 Å². The van der Waals surface area contributed by atoms with Crippen molar-refractivity contribution in [3.63, 3.8) is 0 Å². The van der Waals surface area contributed by atoms with Gasteiger partial charge in [-0.1, -0.05) is 0 Å². The number of rotatable bonds is 4. The Bertz CT molecular complexity index is 230. The van der Waals surface area contributed by atoms with Crippen LogP contribution in [0.25, 0.3) is 0 Å². The number of nitrogens with one attached hydrogen (secondary N) is 1. The molecule has 1 aromatic rings. The molecule has 0 unspecified atom stereocenters. The van der Waals surface area contributed by atoms with Gasteiger partial charge in [-0.2, -0.15) is 0 Å². The zero-order valence-electron chi connectivity index (χ0n) is 7.50. The van der Waals surface area contributed by atoms with Crippen LogP contribution in [-0.2, 0) is 6.54 Å². The van der Waals surface area contributed by atoms with Crippen LogP contribution in [0, 0.1) is 6.92 Å². The van der Waals surface area contributed by atoms with Crippen LogP contribution in [-0.4, -0.2) is 17.8 Å². The molecular formula is C9H15NO2. The average molecular weight is 169 g/mol. The summed E-state index contributed by atoms with van der Waals surface area (Å²) < 4.78 is 5.32. The van der Waals surface area contributed by atoms with Crippen molar-refractivity contribution in [2.75, 3.05) is 6.54 Å². The fourth-order valence-corrected chi connectivity index (χ4v) is 0.984. The van der Waals surface area contributed by atoms with Gasteiger partial charge >= 0.3 is 0 Å². The topological polar surface area (TPSA) is 45.4 Å². The summed E-state index contributed by atoms with van der Waals surface area (Å²) in [5, 5.41) is 12.0. The lowest BCUT2D eigenvalue weighted by atomic mass is 10.4. The molecule has 1 heterocycles. The number of hydrogen-bond donors (Lipinski definition) is 2. The third-order valence-electron chi connectivity index (χ3n) is 1.53. The van der Waals surface area contributed by atoms with Gasteiger partial charge in [-0.15, -0.1) is 0 Å². The fraction of sp³-hybridized carbons (Fsp3) is 0.556. The molecular weight excluding hydrogens is 154 g/mol. The minimum absolute atomic E-state index is 0.305. The highest BCUT2D eigenvalue weighted by molar-refractivity contribution is 5.05. The van der Waals surface area contributed by atoms with E-state index in [9.17, 15) is 0 Å². The third-order valence-corrected chi connectivity index (χ3v) is 1.53. The molecule has 0 aliphatic heterocycles. The summed E-state index contributed by atoms with van der Waals surface area (Å²) in [6, 6.07) is 3.86. The van der Waals surface area contributed by atoms with Crippen molar-refractivity contribution in [3.05, 3.63) is 23.7 Å². The van der Waals surface area contributed by atoms with Gasteiger partial charge in [0, 0.05) is 6.54 Å². The second-order valence-electron chi connectivity index (χ2n) is 2.99. The van der Waals surface area contributed by atoms with Crippen LogP contribution >= 0.6 is 0 Å². The van der Waals surface area contributed by atoms with Gasteiger partial charge in [-0.3, -0.25) is 0 Å². The number of aliphatic hydroxyl groups is 1. The molecule has 0 saturated heterocycles. The first-order chi connectivity index (χ1) is 5.68. The van der Waals surface area contributed by atoms with Gasteiger partial charge in [0.05, 0.1) is 12.6 Å². The SMILES string of the molecule is Cc1ccc(CNC[C@H](C)O)o1. The molecule has 1 rings (SSSR count). The Hall–Kier alpha value is -0.800. The lowest BCUT2D eigenvalue weighted by molar-refractivity contribution is 0.190. The van der Waals surface area contributed by atoms with Gasteiger partial charge < -0.3 is 14.8 Å². The first-order valence-electron chi connectivity index (χ1n) is 4.12. The van der Waals surface area contributed by atoms with Crippen molar-refractivity contribution in [2.24, 2.45) is 0 Å². The number of aryl methyl sites for hydroxylation is 1. The van der Waals surface area contributed by atoms with E-state index in [0.717, 1.165) is 11.5 Å². The number of hydrogen-bond acceptors (Lipinski definition) is 3. The highest BCUT2D eigenvalue weighted by atomic mass is 16.3. The van der Waals surface area contributed by atoms with Crippen molar-refractivity contribution < 1.29 is 9.52 Å². The Morgan fingerprint density at radius 2 is 2.33 bits per heavy atom. The Kier molecular flexibility index (Phi) is 3.31. The Balaban J connectivity index is 2.24. The molecule has 3 heteroatoms. The molecule has 2 N–H and O–H groups in total. The first-order valence-corrected chi connectivity index (χ1v) is 4.12. The molecule has 0 aliphatic rings. The van der Waals surface area contributed by atoms with Crippen LogP contribution in [0.4, 0.5) is 0 Å². The lowest BCUT2D eigenvalue weighted by Crippen LogP contribution is -2.23. The highest BCUT2D eigenvalue weighted by Crippen LogP contribution is 2.04. The van der Waals surface area contributed by atoms with E-state index in [1.54, 1.807) is 6.92 Å². The second kappa shape index (κ2) is 4.28. The summed E-state index contributed by atoms with van der Waals surface area (Å²) in [7, 11) is 0. The molecule has 1 aromatic heterocycles. The van der Waals surface area contributed by atoms with Gasteiger partial charge in [0.25, 0.3) is 0 Å². The molecule has 12 heavy (non-hydrogen) atoms. The Morgan fingerprint density at radius 1 is 1.58 bits per heavy atom. The third kappa shape index (κ3) is 3.07. The smallest absolute Gasteiger partial charge is 0.117 e. The van der Waals surface area contributed by atoms with Crippen molar-refractivity contribution in [3.8, 4) is 0 Å². The molecule has 3 nitrogen and oxygen atoms in total. The molecule has 0 aliphatic carbocycles. The number of furan rings is 1. The van der Waals surface area contributed by atoms with E-state index in [2.05, 4.69) is 5.32 Å². The van der Waals surface area contributed by atoms with Crippen molar-refractivity contribution >= 4 is 0 Å². The van der Waals surface area contributed by atoms with Crippen LogP contribution in [0.15, 0.2) is 16.5 Å².